The van der Waals surface area contributed by atoms with E-state index in [0.717, 1.165) is 31.4 Å². The molecule has 3 heterocycles. The van der Waals surface area contributed by atoms with Crippen molar-refractivity contribution in [2.45, 2.75) is 26.3 Å². The first kappa shape index (κ1) is 14.5. The molecular formula is C16H13ClF2N4. The smallest absolute Gasteiger partial charge is 0.223 e. The Hall–Kier alpha value is -2.08. The van der Waals surface area contributed by atoms with Gasteiger partial charge < -0.3 is 4.57 Å². The summed E-state index contributed by atoms with van der Waals surface area (Å²) in [5, 5.41) is -0.0773. The zero-order valence-corrected chi connectivity index (χ0v) is 13.1. The number of benzene rings is 1. The van der Waals surface area contributed by atoms with Gasteiger partial charge in [0.15, 0.2) is 11.6 Å². The maximum Gasteiger partial charge on any atom is 0.223 e. The Morgan fingerprint density at radius 1 is 1.26 bits per heavy atom. The molecule has 23 heavy (non-hydrogen) atoms. The van der Waals surface area contributed by atoms with Crippen LogP contribution in [0.4, 0.5) is 8.78 Å². The molecule has 7 heteroatoms. The van der Waals surface area contributed by atoms with Crippen molar-refractivity contribution in [1.29, 1.82) is 0 Å². The van der Waals surface area contributed by atoms with Crippen molar-refractivity contribution in [2.75, 3.05) is 0 Å². The third-order valence-electron chi connectivity index (χ3n) is 4.36. The molecule has 0 saturated carbocycles. The normalized spacial score (nSPS) is 17.0. The summed E-state index contributed by atoms with van der Waals surface area (Å²) in [6.07, 6.45) is 2.87. The molecule has 0 spiro atoms. The first-order chi connectivity index (χ1) is 11.1. The quantitative estimate of drug-likeness (QED) is 0.665. The summed E-state index contributed by atoms with van der Waals surface area (Å²) in [4.78, 5) is 11.9. The van der Waals surface area contributed by atoms with E-state index in [1.54, 1.807) is 6.07 Å². The van der Waals surface area contributed by atoms with E-state index in [1.807, 2.05) is 4.57 Å². The molecule has 4 nitrogen and oxygen atoms in total. The third-order valence-corrected chi connectivity index (χ3v) is 4.55. The minimum absolute atomic E-state index is 0.00797. The summed E-state index contributed by atoms with van der Waals surface area (Å²) in [5.74, 6) is 0.269. The lowest BCUT2D eigenvalue weighted by Crippen LogP contribution is -2.01. The zero-order chi connectivity index (χ0) is 16.1. The lowest BCUT2D eigenvalue weighted by atomic mass is 10.1. The van der Waals surface area contributed by atoms with E-state index in [4.69, 9.17) is 11.6 Å². The molecule has 4 rings (SSSR count). The van der Waals surface area contributed by atoms with Gasteiger partial charge in [0.25, 0.3) is 0 Å². The van der Waals surface area contributed by atoms with Crippen molar-refractivity contribution in [3.05, 3.63) is 41.1 Å². The van der Waals surface area contributed by atoms with Gasteiger partial charge in [-0.1, -0.05) is 13.3 Å². The molecule has 0 bridgehead atoms. The Kier molecular flexibility index (Phi) is 3.30. The molecule has 1 unspecified atom stereocenters. The van der Waals surface area contributed by atoms with E-state index in [2.05, 4.69) is 21.9 Å². The van der Waals surface area contributed by atoms with Crippen LogP contribution in [0.5, 0.6) is 0 Å². The first-order valence-electron chi connectivity index (χ1n) is 7.44. The summed E-state index contributed by atoms with van der Waals surface area (Å²) in [5.41, 5.74) is 1.31. The molecule has 1 aromatic carbocycles. The van der Waals surface area contributed by atoms with Gasteiger partial charge >= 0.3 is 0 Å². The molecule has 0 aliphatic carbocycles. The molecular weight excluding hydrogens is 322 g/mol. The SMILES string of the molecule is CCC1Cc2nc3c(F)cc(-c4nc(Cl)ncc4F)cc3n2C1. The Bertz CT molecular complexity index is 922. The van der Waals surface area contributed by atoms with Crippen LogP contribution in [-0.2, 0) is 13.0 Å². The Morgan fingerprint density at radius 2 is 2.09 bits per heavy atom. The van der Waals surface area contributed by atoms with Crippen molar-refractivity contribution in [3.8, 4) is 11.3 Å². The van der Waals surface area contributed by atoms with Gasteiger partial charge in [-0.3, -0.25) is 0 Å². The summed E-state index contributed by atoms with van der Waals surface area (Å²) in [6, 6.07) is 2.96. The molecule has 2 aromatic heterocycles. The predicted molar refractivity (Wildman–Crippen MR) is 83.2 cm³/mol. The number of fused-ring (bicyclic) bond motifs is 3. The molecule has 0 N–H and O–H groups in total. The number of nitrogens with zero attached hydrogens (tertiary/aromatic N) is 4. The standard InChI is InChI=1S/C16H13ClF2N4/c1-2-8-3-13-21-15-10(18)4-9(5-12(15)23(13)7-8)14-11(19)6-20-16(17)22-14/h4-6,8H,2-3,7H2,1H3. The van der Waals surface area contributed by atoms with Gasteiger partial charge in [0, 0.05) is 18.5 Å². The summed E-state index contributed by atoms with van der Waals surface area (Å²) in [6.45, 7) is 2.93. The van der Waals surface area contributed by atoms with Crippen molar-refractivity contribution < 1.29 is 8.78 Å². The third kappa shape index (κ3) is 2.28. The first-order valence-corrected chi connectivity index (χ1v) is 7.81. The van der Waals surface area contributed by atoms with Gasteiger partial charge in [-0.25, -0.2) is 23.7 Å². The molecule has 0 saturated heterocycles. The maximum absolute atomic E-state index is 14.4. The van der Waals surface area contributed by atoms with E-state index in [1.165, 1.54) is 6.07 Å². The number of hydrogen-bond acceptors (Lipinski definition) is 3. The second-order valence-corrected chi connectivity index (χ2v) is 6.12. The lowest BCUT2D eigenvalue weighted by molar-refractivity contribution is 0.501. The zero-order valence-electron chi connectivity index (χ0n) is 12.4. The minimum Gasteiger partial charge on any atom is -0.328 e. The number of halogens is 3. The van der Waals surface area contributed by atoms with Gasteiger partial charge in [-0.2, -0.15) is 0 Å². The second kappa shape index (κ2) is 5.23. The number of imidazole rings is 1. The minimum atomic E-state index is -0.638. The monoisotopic (exact) mass is 334 g/mol. The highest BCUT2D eigenvalue weighted by molar-refractivity contribution is 6.28. The van der Waals surface area contributed by atoms with Gasteiger partial charge in [0.05, 0.1) is 11.7 Å². The van der Waals surface area contributed by atoms with Crippen molar-refractivity contribution in [2.24, 2.45) is 5.92 Å². The topological polar surface area (TPSA) is 43.6 Å². The van der Waals surface area contributed by atoms with Crippen LogP contribution in [0.1, 0.15) is 19.2 Å². The number of aromatic nitrogens is 4. The average Bonchev–Trinajstić information content (AvgIpc) is 3.08. The summed E-state index contributed by atoms with van der Waals surface area (Å²) < 4.78 is 30.4. The van der Waals surface area contributed by atoms with Crippen LogP contribution in [0, 0.1) is 17.6 Å². The molecule has 1 aliphatic rings. The Labute approximate surface area is 136 Å². The van der Waals surface area contributed by atoms with E-state index in [9.17, 15) is 8.78 Å². The summed E-state index contributed by atoms with van der Waals surface area (Å²) in [7, 11) is 0. The second-order valence-electron chi connectivity index (χ2n) is 5.78. The number of hydrogen-bond donors (Lipinski definition) is 0. The van der Waals surface area contributed by atoms with Crippen LogP contribution in [-0.4, -0.2) is 19.5 Å². The lowest BCUT2D eigenvalue weighted by Gasteiger charge is -2.07. The molecule has 0 amide bonds. The van der Waals surface area contributed by atoms with Gasteiger partial charge in [0.2, 0.25) is 5.28 Å². The van der Waals surface area contributed by atoms with Crippen LogP contribution in [0.15, 0.2) is 18.3 Å². The predicted octanol–water partition coefficient (Wildman–Crippen LogP) is 4.01. The highest BCUT2D eigenvalue weighted by atomic mass is 35.5. The van der Waals surface area contributed by atoms with Crippen LogP contribution in [0.25, 0.3) is 22.3 Å². The van der Waals surface area contributed by atoms with E-state index in [0.29, 0.717) is 22.5 Å². The van der Waals surface area contributed by atoms with E-state index < -0.39 is 11.6 Å². The Balaban J connectivity index is 1.92. The molecule has 3 aromatic rings. The molecule has 1 aliphatic heterocycles. The van der Waals surface area contributed by atoms with Gasteiger partial charge in [-0.05, 0) is 29.7 Å². The van der Waals surface area contributed by atoms with Gasteiger partial charge in [-0.15, -0.1) is 0 Å². The van der Waals surface area contributed by atoms with E-state index in [-0.39, 0.29) is 11.0 Å². The fourth-order valence-electron chi connectivity index (χ4n) is 3.13. The van der Waals surface area contributed by atoms with Crippen LogP contribution >= 0.6 is 11.6 Å². The Morgan fingerprint density at radius 3 is 2.87 bits per heavy atom. The van der Waals surface area contributed by atoms with Crippen LogP contribution in [0.2, 0.25) is 5.28 Å². The van der Waals surface area contributed by atoms with Crippen molar-refractivity contribution in [1.82, 2.24) is 19.5 Å². The maximum atomic E-state index is 14.4. The fraction of sp³-hybridized carbons (Fsp3) is 0.312. The van der Waals surface area contributed by atoms with Crippen LogP contribution < -0.4 is 0 Å². The highest BCUT2D eigenvalue weighted by Crippen LogP contribution is 2.32. The van der Waals surface area contributed by atoms with Gasteiger partial charge in [0.1, 0.15) is 17.0 Å². The number of rotatable bonds is 2. The largest absolute Gasteiger partial charge is 0.328 e. The summed E-state index contributed by atoms with van der Waals surface area (Å²) >= 11 is 5.74. The molecule has 0 fully saturated rings. The highest BCUT2D eigenvalue weighted by Gasteiger charge is 2.25. The molecule has 118 valence electrons. The molecule has 1 atom stereocenters. The average molecular weight is 335 g/mol. The van der Waals surface area contributed by atoms with Crippen LogP contribution in [0.3, 0.4) is 0 Å². The fourth-order valence-corrected chi connectivity index (χ4v) is 3.26. The van der Waals surface area contributed by atoms with E-state index >= 15 is 0 Å². The molecule has 0 radical (unpaired) electrons. The van der Waals surface area contributed by atoms with Crippen molar-refractivity contribution >= 4 is 22.6 Å². The van der Waals surface area contributed by atoms with Crippen molar-refractivity contribution in [3.63, 3.8) is 0 Å².